The summed E-state index contributed by atoms with van der Waals surface area (Å²) < 4.78 is 47.0. The first-order valence-electron chi connectivity index (χ1n) is 9.90. The molecule has 0 spiro atoms. The number of thioether (sulfide) groups is 1. The highest BCUT2D eigenvalue weighted by Gasteiger charge is 2.33. The van der Waals surface area contributed by atoms with Crippen LogP contribution in [0.15, 0.2) is 47.6 Å². The quantitative estimate of drug-likeness (QED) is 0.462. The normalized spacial score (nSPS) is 11.4. The number of para-hydroxylation sites is 1. The summed E-state index contributed by atoms with van der Waals surface area (Å²) in [6, 6.07) is 10.7. The van der Waals surface area contributed by atoms with Crippen LogP contribution < -0.4 is 10.1 Å². The number of nitrogens with zero attached hydrogens (tertiary/aromatic N) is 3. The fourth-order valence-electron chi connectivity index (χ4n) is 3.03. The molecule has 0 saturated heterocycles. The Bertz CT molecular complexity index is 1100. The van der Waals surface area contributed by atoms with Crippen LogP contribution in [0.25, 0.3) is 0 Å². The first-order valence-corrected chi connectivity index (χ1v) is 10.9. The Morgan fingerprint density at radius 2 is 1.88 bits per heavy atom. The molecule has 2 aromatic carbocycles. The largest absolute Gasteiger partial charge is 0.485 e. The third-order valence-corrected chi connectivity index (χ3v) is 5.83. The van der Waals surface area contributed by atoms with Crippen molar-refractivity contribution < 1.29 is 22.7 Å². The van der Waals surface area contributed by atoms with Gasteiger partial charge >= 0.3 is 6.18 Å². The molecule has 1 heterocycles. The lowest BCUT2D eigenvalue weighted by molar-refractivity contribution is -0.137. The number of hydrogen-bond acceptors (Lipinski definition) is 5. The highest BCUT2D eigenvalue weighted by molar-refractivity contribution is 7.99. The van der Waals surface area contributed by atoms with Gasteiger partial charge in [0.25, 0.3) is 0 Å². The van der Waals surface area contributed by atoms with Crippen LogP contribution in [0.4, 0.5) is 18.9 Å². The van der Waals surface area contributed by atoms with Crippen LogP contribution in [0.2, 0.25) is 0 Å². The number of benzene rings is 2. The van der Waals surface area contributed by atoms with E-state index in [4.69, 9.17) is 4.74 Å². The minimum absolute atomic E-state index is 0.109. The van der Waals surface area contributed by atoms with Gasteiger partial charge in [0.2, 0.25) is 5.91 Å². The molecular weight excluding hydrogens is 441 g/mol. The van der Waals surface area contributed by atoms with Crippen LogP contribution in [0, 0.1) is 13.8 Å². The van der Waals surface area contributed by atoms with Gasteiger partial charge in [0, 0.05) is 6.54 Å². The number of carbonyl (C=O) groups is 1. The van der Waals surface area contributed by atoms with Crippen LogP contribution >= 0.6 is 11.8 Å². The molecule has 170 valence electrons. The third kappa shape index (κ3) is 5.61. The maximum atomic E-state index is 13.1. The van der Waals surface area contributed by atoms with E-state index in [2.05, 4.69) is 15.5 Å². The van der Waals surface area contributed by atoms with Crippen LogP contribution in [-0.4, -0.2) is 26.4 Å². The minimum Gasteiger partial charge on any atom is -0.485 e. The van der Waals surface area contributed by atoms with E-state index in [0.29, 0.717) is 17.5 Å². The zero-order valence-electron chi connectivity index (χ0n) is 17.9. The molecule has 0 aliphatic heterocycles. The van der Waals surface area contributed by atoms with Crippen molar-refractivity contribution in [1.29, 1.82) is 0 Å². The molecule has 0 aliphatic carbocycles. The Hall–Kier alpha value is -3.01. The molecular formula is C22H23F3N4O2S. The number of ether oxygens (including phenoxy) is 1. The molecule has 0 radical (unpaired) electrons. The summed E-state index contributed by atoms with van der Waals surface area (Å²) in [5, 5.41) is 11.1. The number of carbonyl (C=O) groups excluding carboxylic acids is 1. The molecule has 0 fully saturated rings. The van der Waals surface area contributed by atoms with Crippen molar-refractivity contribution in [3.63, 3.8) is 0 Å². The number of aryl methyl sites for hydroxylation is 1. The van der Waals surface area contributed by atoms with Crippen LogP contribution in [0.1, 0.15) is 29.4 Å². The minimum atomic E-state index is -4.55. The topological polar surface area (TPSA) is 69.0 Å². The number of amides is 1. The van der Waals surface area contributed by atoms with Gasteiger partial charge in [-0.05, 0) is 50.1 Å². The molecule has 3 rings (SSSR count). The maximum absolute atomic E-state index is 13.1. The summed E-state index contributed by atoms with van der Waals surface area (Å²) in [4.78, 5) is 12.3. The molecule has 10 heteroatoms. The van der Waals surface area contributed by atoms with E-state index in [1.54, 1.807) is 0 Å². The second kappa shape index (κ2) is 10.1. The lowest BCUT2D eigenvalue weighted by Gasteiger charge is -2.13. The Labute approximate surface area is 188 Å². The van der Waals surface area contributed by atoms with Crippen LogP contribution in [0.3, 0.4) is 0 Å². The zero-order valence-corrected chi connectivity index (χ0v) is 18.7. The average molecular weight is 465 g/mol. The summed E-state index contributed by atoms with van der Waals surface area (Å²) in [5.41, 5.74) is 1.00. The fraction of sp³-hybridized carbons (Fsp3) is 0.318. The molecule has 3 aromatic rings. The molecule has 0 saturated carbocycles. The van der Waals surface area contributed by atoms with Crippen molar-refractivity contribution >= 4 is 23.4 Å². The third-order valence-electron chi connectivity index (χ3n) is 4.86. The smallest absolute Gasteiger partial charge is 0.418 e. The number of halogens is 3. The van der Waals surface area contributed by atoms with Gasteiger partial charge in [-0.2, -0.15) is 13.2 Å². The van der Waals surface area contributed by atoms with Gasteiger partial charge in [-0.25, -0.2) is 0 Å². The first kappa shape index (κ1) is 23.6. The van der Waals surface area contributed by atoms with E-state index < -0.39 is 17.6 Å². The Balaban J connectivity index is 1.63. The molecule has 0 bridgehead atoms. The molecule has 1 amide bonds. The number of rotatable bonds is 8. The summed E-state index contributed by atoms with van der Waals surface area (Å²) >= 11 is 1.10. The molecule has 1 N–H and O–H groups in total. The summed E-state index contributed by atoms with van der Waals surface area (Å²) in [6.07, 6.45) is -4.55. The highest BCUT2D eigenvalue weighted by atomic mass is 32.2. The van der Waals surface area contributed by atoms with Gasteiger partial charge in [0.15, 0.2) is 11.0 Å². The summed E-state index contributed by atoms with van der Waals surface area (Å²) in [6.45, 7) is 6.65. The molecule has 6 nitrogen and oxygen atoms in total. The van der Waals surface area contributed by atoms with Crippen molar-refractivity contribution in [2.75, 3.05) is 11.1 Å². The van der Waals surface area contributed by atoms with E-state index in [9.17, 15) is 18.0 Å². The lowest BCUT2D eigenvalue weighted by Crippen LogP contribution is -2.18. The Kier molecular flexibility index (Phi) is 7.44. The predicted octanol–water partition coefficient (Wildman–Crippen LogP) is 5.24. The number of alkyl halides is 3. The predicted molar refractivity (Wildman–Crippen MR) is 117 cm³/mol. The maximum Gasteiger partial charge on any atom is 0.418 e. The Morgan fingerprint density at radius 3 is 2.59 bits per heavy atom. The number of nitrogens with one attached hydrogen (secondary N) is 1. The van der Waals surface area contributed by atoms with Gasteiger partial charge < -0.3 is 14.6 Å². The summed E-state index contributed by atoms with van der Waals surface area (Å²) in [5.74, 6) is 0.680. The number of anilines is 1. The van der Waals surface area contributed by atoms with Crippen molar-refractivity contribution in [3.8, 4) is 5.75 Å². The van der Waals surface area contributed by atoms with Crippen LogP contribution in [-0.2, 0) is 24.1 Å². The first-order chi connectivity index (χ1) is 15.2. The lowest BCUT2D eigenvalue weighted by atomic mass is 10.1. The molecule has 0 aliphatic rings. The highest BCUT2D eigenvalue weighted by Crippen LogP contribution is 2.34. The van der Waals surface area contributed by atoms with Gasteiger partial charge in [-0.1, -0.05) is 36.0 Å². The van der Waals surface area contributed by atoms with E-state index in [1.807, 2.05) is 43.5 Å². The van der Waals surface area contributed by atoms with Gasteiger partial charge in [-0.3, -0.25) is 4.79 Å². The standard InChI is InChI=1S/C22H23F3N4O2S/c1-4-29-19(12-31-18-11-7-8-14(2)15(18)3)27-28-21(29)32-13-20(30)26-17-10-6-5-9-16(17)22(23,24)25/h5-11H,4,12-13H2,1-3H3,(H,26,30). The van der Waals surface area contributed by atoms with Crippen LogP contribution in [0.5, 0.6) is 5.75 Å². The van der Waals surface area contributed by atoms with E-state index in [1.165, 1.54) is 18.2 Å². The number of aromatic nitrogens is 3. The monoisotopic (exact) mass is 464 g/mol. The van der Waals surface area contributed by atoms with Gasteiger partial charge in [0.1, 0.15) is 12.4 Å². The van der Waals surface area contributed by atoms with E-state index >= 15 is 0 Å². The Morgan fingerprint density at radius 1 is 1.12 bits per heavy atom. The van der Waals surface area contributed by atoms with E-state index in [0.717, 1.165) is 34.7 Å². The van der Waals surface area contributed by atoms with E-state index in [-0.39, 0.29) is 18.0 Å². The summed E-state index contributed by atoms with van der Waals surface area (Å²) in [7, 11) is 0. The second-order valence-corrected chi connectivity index (χ2v) is 7.95. The van der Waals surface area contributed by atoms with Crippen molar-refractivity contribution in [1.82, 2.24) is 14.8 Å². The SMILES string of the molecule is CCn1c(COc2cccc(C)c2C)nnc1SCC(=O)Nc1ccccc1C(F)(F)F. The average Bonchev–Trinajstić information content (AvgIpc) is 3.14. The molecule has 1 aromatic heterocycles. The van der Waals surface area contributed by atoms with Gasteiger partial charge in [-0.15, -0.1) is 10.2 Å². The zero-order chi connectivity index (χ0) is 23.3. The second-order valence-electron chi connectivity index (χ2n) is 7.01. The van der Waals surface area contributed by atoms with Gasteiger partial charge in [0.05, 0.1) is 17.0 Å². The van der Waals surface area contributed by atoms with Crippen molar-refractivity contribution in [2.24, 2.45) is 0 Å². The molecule has 32 heavy (non-hydrogen) atoms. The van der Waals surface area contributed by atoms with Crippen molar-refractivity contribution in [3.05, 3.63) is 65.0 Å². The molecule has 0 unspecified atom stereocenters. The number of hydrogen-bond donors (Lipinski definition) is 1. The van der Waals surface area contributed by atoms with Crippen molar-refractivity contribution in [2.45, 2.75) is 45.3 Å². The molecule has 0 atom stereocenters. The fourth-order valence-corrected chi connectivity index (χ4v) is 3.85.